The van der Waals surface area contributed by atoms with Crippen molar-refractivity contribution >= 4 is 0 Å². The highest BCUT2D eigenvalue weighted by Gasteiger charge is 2.31. The van der Waals surface area contributed by atoms with Gasteiger partial charge in [0.1, 0.15) is 79.4 Å². The van der Waals surface area contributed by atoms with Crippen molar-refractivity contribution in [3.63, 3.8) is 0 Å². The maximum Gasteiger partial charge on any atom is 0.126 e. The number of hydrogen-bond donors (Lipinski definition) is 21. The Morgan fingerprint density at radius 1 is 0.344 bits per heavy atom. The SMILES string of the molecule is CCC(O)C(O)C(O)c1cncc(CC(O)C(O)CO)n1.OCC(O)C(O)C(O)c1cnc(C(O)C(O)C(O)CO)cn1.OCC(O)C(O)Cc1cnc(C(O)C(O)C(O)CO)cn1. The second kappa shape index (κ2) is 29.8. The van der Waals surface area contributed by atoms with Gasteiger partial charge in [0.25, 0.3) is 0 Å². The smallest absolute Gasteiger partial charge is 0.126 e. The molecular weight excluding hydrogens is 864 g/mol. The van der Waals surface area contributed by atoms with Crippen LogP contribution >= 0.6 is 0 Å². The molecule has 3 aromatic rings. The number of aliphatic hydroxyl groups excluding tert-OH is 21. The van der Waals surface area contributed by atoms with Gasteiger partial charge in [-0.2, -0.15) is 0 Å². The minimum absolute atomic E-state index is 0.0176. The molecule has 0 amide bonds. The van der Waals surface area contributed by atoms with Crippen molar-refractivity contribution in [3.8, 4) is 0 Å². The molecule has 16 atom stereocenters. The highest BCUT2D eigenvalue weighted by molar-refractivity contribution is 5.11. The number of aliphatic hydroxyl groups is 21. The minimum atomic E-state index is -1.68. The Balaban J connectivity index is 0.000000480. The number of rotatable bonds is 24. The van der Waals surface area contributed by atoms with Crippen molar-refractivity contribution in [2.75, 3.05) is 33.0 Å². The zero-order valence-corrected chi connectivity index (χ0v) is 34.4. The normalized spacial score (nSPS) is 19.2. The maximum absolute atomic E-state index is 9.94. The van der Waals surface area contributed by atoms with Gasteiger partial charge in [0.2, 0.25) is 0 Å². The lowest BCUT2D eigenvalue weighted by Crippen LogP contribution is -2.36. The molecule has 0 bridgehead atoms. The van der Waals surface area contributed by atoms with Gasteiger partial charge in [-0.15, -0.1) is 0 Å². The van der Waals surface area contributed by atoms with Crippen molar-refractivity contribution in [2.24, 2.45) is 0 Å². The Bertz CT molecular complexity index is 1640. The van der Waals surface area contributed by atoms with Gasteiger partial charge < -0.3 is 107 Å². The molecule has 0 aliphatic carbocycles. The van der Waals surface area contributed by atoms with E-state index in [4.69, 9.17) is 25.5 Å². The molecule has 27 nitrogen and oxygen atoms in total. The standard InChI is InChI=1S/C13H22N2O6.C12H20N2O8.C12H20N2O7/c1-2-9(17)13(21)12(20)8-5-14-4-7(15-8)3-10(18)11(19)6-16;15-3-7(17)11(21)9(19)5-1-13-6(2-14-5)10(20)12(22)8(18)4-16;15-4-9(18)8(17)1-6-2-14-7(3-13-6)11(20)12(21)10(19)5-16/h4-5,9-13,16-21H,2-3,6H2,1H3;1-2,7-12,15-22H,3-4H2;2-3,8-12,15-21H,1,4-5H2. The first-order valence-corrected chi connectivity index (χ1v) is 19.5. The molecule has 21 N–H and O–H groups in total. The minimum Gasteiger partial charge on any atom is -0.394 e. The molecule has 0 fully saturated rings. The lowest BCUT2D eigenvalue weighted by Gasteiger charge is -2.22. The van der Waals surface area contributed by atoms with E-state index in [1.165, 1.54) is 18.6 Å². The van der Waals surface area contributed by atoms with Gasteiger partial charge in [0.15, 0.2) is 0 Å². The molecule has 3 aromatic heterocycles. The fraction of sp³-hybridized carbons (Fsp3) is 0.676. The van der Waals surface area contributed by atoms with Crippen LogP contribution in [0.15, 0.2) is 37.2 Å². The Hall–Kier alpha value is -3.60. The summed E-state index contributed by atoms with van der Waals surface area (Å²) in [5, 5.41) is 196. The van der Waals surface area contributed by atoms with E-state index in [1.54, 1.807) is 6.92 Å². The summed E-state index contributed by atoms with van der Waals surface area (Å²) >= 11 is 0. The number of aromatic nitrogens is 6. The van der Waals surface area contributed by atoms with Crippen LogP contribution in [-0.4, -0.2) is 243 Å². The third-order valence-corrected chi connectivity index (χ3v) is 9.28. The van der Waals surface area contributed by atoms with Gasteiger partial charge in [-0.05, 0) is 6.42 Å². The van der Waals surface area contributed by atoms with Crippen LogP contribution in [-0.2, 0) is 12.8 Å². The van der Waals surface area contributed by atoms with E-state index in [1.807, 2.05) is 0 Å². The van der Waals surface area contributed by atoms with E-state index in [0.717, 1.165) is 18.6 Å². The van der Waals surface area contributed by atoms with E-state index in [0.29, 0.717) is 5.69 Å². The van der Waals surface area contributed by atoms with Gasteiger partial charge in [-0.25, -0.2) is 0 Å². The summed E-state index contributed by atoms with van der Waals surface area (Å²) in [7, 11) is 0. The zero-order valence-electron chi connectivity index (χ0n) is 34.4. The predicted octanol–water partition coefficient (Wildman–Crippen LogP) is -9.65. The molecule has 366 valence electrons. The molecule has 64 heavy (non-hydrogen) atoms. The van der Waals surface area contributed by atoms with Crippen LogP contribution in [0.3, 0.4) is 0 Å². The Labute approximate surface area is 365 Å². The molecular formula is C37H62N6O21. The van der Waals surface area contributed by atoms with Crippen LogP contribution in [0.25, 0.3) is 0 Å². The Morgan fingerprint density at radius 2 is 0.672 bits per heavy atom. The van der Waals surface area contributed by atoms with Gasteiger partial charge in [-0.1, -0.05) is 6.92 Å². The van der Waals surface area contributed by atoms with Crippen LogP contribution in [0.2, 0.25) is 0 Å². The Morgan fingerprint density at radius 3 is 1.00 bits per heavy atom. The van der Waals surface area contributed by atoms with Crippen molar-refractivity contribution in [3.05, 3.63) is 71.3 Å². The lowest BCUT2D eigenvalue weighted by atomic mass is 10.0. The van der Waals surface area contributed by atoms with E-state index in [2.05, 4.69) is 29.9 Å². The number of nitrogens with zero attached hydrogens (tertiary/aromatic N) is 6. The second-order valence-corrected chi connectivity index (χ2v) is 14.2. The molecule has 16 unspecified atom stereocenters. The average Bonchev–Trinajstić information content (AvgIpc) is 3.33. The summed E-state index contributed by atoms with van der Waals surface area (Å²) in [5.41, 5.74) is 0.364. The van der Waals surface area contributed by atoms with Crippen molar-refractivity contribution in [1.29, 1.82) is 0 Å². The first-order chi connectivity index (χ1) is 30.1. The van der Waals surface area contributed by atoms with Crippen LogP contribution in [0.5, 0.6) is 0 Å². The van der Waals surface area contributed by atoms with Crippen molar-refractivity contribution in [2.45, 2.75) is 124 Å². The third-order valence-electron chi connectivity index (χ3n) is 9.28. The maximum atomic E-state index is 9.94. The van der Waals surface area contributed by atoms with Gasteiger partial charge in [0.05, 0.1) is 110 Å². The highest BCUT2D eigenvalue weighted by atomic mass is 16.4. The fourth-order valence-electron chi connectivity index (χ4n) is 4.99. The van der Waals surface area contributed by atoms with Crippen LogP contribution in [0.4, 0.5) is 0 Å². The average molecular weight is 927 g/mol. The number of hydrogen-bond acceptors (Lipinski definition) is 27. The van der Waals surface area contributed by atoms with Gasteiger partial charge in [0, 0.05) is 25.2 Å². The molecule has 3 heterocycles. The van der Waals surface area contributed by atoms with Crippen LogP contribution in [0, 0.1) is 0 Å². The summed E-state index contributed by atoms with van der Waals surface area (Å²) in [6.45, 7) is -1.74. The molecule has 0 saturated carbocycles. The fourth-order valence-corrected chi connectivity index (χ4v) is 4.99. The molecule has 0 aliphatic heterocycles. The molecule has 0 aromatic carbocycles. The predicted molar refractivity (Wildman–Crippen MR) is 211 cm³/mol. The largest absolute Gasteiger partial charge is 0.394 e. The van der Waals surface area contributed by atoms with Crippen LogP contribution in [0.1, 0.15) is 71.9 Å². The highest BCUT2D eigenvalue weighted by Crippen LogP contribution is 2.22. The van der Waals surface area contributed by atoms with Gasteiger partial charge in [-0.3, -0.25) is 29.9 Å². The molecule has 0 saturated heterocycles. The van der Waals surface area contributed by atoms with Crippen molar-refractivity contribution in [1.82, 2.24) is 29.9 Å². The van der Waals surface area contributed by atoms with E-state index >= 15 is 0 Å². The van der Waals surface area contributed by atoms with E-state index in [9.17, 15) is 81.7 Å². The summed E-state index contributed by atoms with van der Waals surface area (Å²) < 4.78 is 0. The molecule has 0 radical (unpaired) electrons. The molecule has 0 aliphatic rings. The van der Waals surface area contributed by atoms with E-state index in [-0.39, 0.29) is 47.7 Å². The summed E-state index contributed by atoms with van der Waals surface area (Å²) in [6.07, 6.45) is -16.2. The summed E-state index contributed by atoms with van der Waals surface area (Å²) in [4.78, 5) is 23.0. The molecule has 27 heteroatoms. The van der Waals surface area contributed by atoms with E-state index < -0.39 is 131 Å². The monoisotopic (exact) mass is 926 g/mol. The third kappa shape index (κ3) is 18.4. The molecule has 3 rings (SSSR count). The molecule has 0 spiro atoms. The Kier molecular flexibility index (Phi) is 27.2. The first kappa shape index (κ1) is 58.4. The lowest BCUT2D eigenvalue weighted by molar-refractivity contribution is -0.0808. The quantitative estimate of drug-likeness (QED) is 0.0397. The van der Waals surface area contributed by atoms with Crippen LogP contribution < -0.4 is 0 Å². The van der Waals surface area contributed by atoms with Crippen molar-refractivity contribution < 1.29 is 107 Å². The second-order valence-electron chi connectivity index (χ2n) is 14.2. The summed E-state index contributed by atoms with van der Waals surface area (Å²) in [6, 6.07) is 0. The van der Waals surface area contributed by atoms with Gasteiger partial charge >= 0.3 is 0 Å². The summed E-state index contributed by atoms with van der Waals surface area (Å²) in [5.74, 6) is 0. The topological polar surface area (TPSA) is 502 Å². The first-order valence-electron chi connectivity index (χ1n) is 19.5. The zero-order chi connectivity index (χ0) is 48.8.